The summed E-state index contributed by atoms with van der Waals surface area (Å²) in [6, 6.07) is -1.01. The fraction of sp³-hybridized carbons (Fsp3) is 0.250. The van der Waals surface area contributed by atoms with Gasteiger partial charge < -0.3 is 21.3 Å². The van der Waals surface area contributed by atoms with E-state index < -0.39 is 41.7 Å². The van der Waals surface area contributed by atoms with E-state index in [4.69, 9.17) is 10.8 Å². The molecular weight excluding hydrogens is 516 g/mol. The van der Waals surface area contributed by atoms with Crippen molar-refractivity contribution in [2.45, 2.75) is 18.3 Å². The van der Waals surface area contributed by atoms with E-state index in [-0.39, 0.29) is 22.2 Å². The number of carbonyl (C=O) groups excluding carboxylic acids is 2. The fourth-order valence-electron chi connectivity index (χ4n) is 3.44. The monoisotopic (exact) mass is 534 g/mol. The number of aliphatic carboxylic acids is 2. The first-order valence-electron chi connectivity index (χ1n) is 9.95. The summed E-state index contributed by atoms with van der Waals surface area (Å²) in [5, 5.41) is 22.3. The van der Waals surface area contributed by atoms with Crippen molar-refractivity contribution >= 4 is 75.1 Å². The smallest absolute Gasteiger partial charge is 0.352 e. The number of aliphatic imine (C=N–C) groups is 1. The summed E-state index contributed by atoms with van der Waals surface area (Å²) in [7, 11) is 0. The molecule has 4 heterocycles. The normalized spacial score (nSPS) is 20.1. The summed E-state index contributed by atoms with van der Waals surface area (Å²) in [5.74, 6) is -3.60. The number of aromatic nitrogens is 2. The number of carboxylic acids is 2. The topological polar surface area (TPSA) is 188 Å². The van der Waals surface area contributed by atoms with Gasteiger partial charge in [0.1, 0.15) is 35.1 Å². The molecule has 0 aliphatic carbocycles. The van der Waals surface area contributed by atoms with Crippen LogP contribution in [0.4, 0.5) is 5.13 Å². The molecule has 0 spiro atoms. The molecule has 2 aliphatic rings. The van der Waals surface area contributed by atoms with Crippen LogP contribution in [0.2, 0.25) is 0 Å². The molecule has 0 radical (unpaired) electrons. The molecule has 2 amide bonds. The van der Waals surface area contributed by atoms with Gasteiger partial charge in [0, 0.05) is 16.0 Å². The standard InChI is InChI=1S/C20H18N6O6S3/c1-8-11(35-7-23-8)3-2-9-5-33-18-14(17(30)26(18)15(9)19(31)32)25-16(29)13(22-4-12(27)28)10-6-34-20(21)24-10/h2-3,6-7,14,18H,4-5H2,1H3,(H2,21,24)(H,25,29)(H,27,28)(H,31,32)/b3-2+,22-13?/t14?,18-/m1/s1. The van der Waals surface area contributed by atoms with Gasteiger partial charge in [0.2, 0.25) is 0 Å². The lowest BCUT2D eigenvalue weighted by Crippen LogP contribution is -2.71. The molecule has 4 rings (SSSR count). The number of hydrogen-bond acceptors (Lipinski definition) is 11. The maximum absolute atomic E-state index is 12.9. The van der Waals surface area contributed by atoms with Gasteiger partial charge in [-0.25, -0.2) is 14.8 Å². The number of hydrogen-bond donors (Lipinski definition) is 4. The number of nitrogens with two attached hydrogens (primary N) is 1. The maximum atomic E-state index is 12.9. The van der Waals surface area contributed by atoms with E-state index in [9.17, 15) is 24.3 Å². The summed E-state index contributed by atoms with van der Waals surface area (Å²) in [6.07, 6.45) is 3.43. The van der Waals surface area contributed by atoms with Crippen molar-refractivity contribution in [1.82, 2.24) is 20.2 Å². The second kappa shape index (κ2) is 9.97. The van der Waals surface area contributed by atoms with Crippen molar-refractivity contribution in [3.8, 4) is 0 Å². The Bertz CT molecular complexity index is 1310. The zero-order valence-electron chi connectivity index (χ0n) is 18.0. The van der Waals surface area contributed by atoms with Gasteiger partial charge in [-0.1, -0.05) is 6.08 Å². The first kappa shape index (κ1) is 24.6. The van der Waals surface area contributed by atoms with E-state index in [1.54, 1.807) is 17.7 Å². The Hall–Kier alpha value is -3.56. The summed E-state index contributed by atoms with van der Waals surface area (Å²) < 4.78 is 0. The molecule has 182 valence electrons. The lowest BCUT2D eigenvalue weighted by Gasteiger charge is -2.49. The zero-order chi connectivity index (χ0) is 25.3. The minimum absolute atomic E-state index is 0.0862. The van der Waals surface area contributed by atoms with E-state index in [0.29, 0.717) is 11.3 Å². The number of anilines is 1. The molecule has 2 atom stereocenters. The third-order valence-electron chi connectivity index (χ3n) is 5.06. The number of nitrogens with one attached hydrogen (secondary N) is 1. The Balaban J connectivity index is 1.54. The van der Waals surface area contributed by atoms with Crippen LogP contribution in [0.1, 0.15) is 16.3 Å². The molecule has 1 saturated heterocycles. The lowest BCUT2D eigenvalue weighted by atomic mass is 10.0. The van der Waals surface area contributed by atoms with Gasteiger partial charge in [-0.15, -0.1) is 34.4 Å². The van der Waals surface area contributed by atoms with E-state index >= 15 is 0 Å². The Morgan fingerprint density at radius 1 is 1.31 bits per heavy atom. The Morgan fingerprint density at radius 3 is 2.69 bits per heavy atom. The molecule has 1 unspecified atom stereocenters. The quantitative estimate of drug-likeness (QED) is 0.279. The number of amides is 2. The van der Waals surface area contributed by atoms with Gasteiger partial charge >= 0.3 is 11.9 Å². The van der Waals surface area contributed by atoms with E-state index in [1.165, 1.54) is 28.5 Å². The van der Waals surface area contributed by atoms with Crippen LogP contribution in [-0.2, 0) is 19.2 Å². The molecule has 0 bridgehead atoms. The third-order valence-corrected chi connectivity index (χ3v) is 7.93. The summed E-state index contributed by atoms with van der Waals surface area (Å²) >= 11 is 3.77. The molecule has 2 aliphatic heterocycles. The molecule has 0 saturated carbocycles. The molecule has 15 heteroatoms. The van der Waals surface area contributed by atoms with E-state index in [2.05, 4.69) is 20.3 Å². The first-order valence-corrected chi connectivity index (χ1v) is 12.8. The number of aryl methyl sites for hydroxylation is 1. The highest BCUT2D eigenvalue weighted by Crippen LogP contribution is 2.41. The number of carboxylic acid groups (broad SMARTS) is 2. The van der Waals surface area contributed by atoms with Crippen molar-refractivity contribution in [2.24, 2.45) is 4.99 Å². The highest BCUT2D eigenvalue weighted by molar-refractivity contribution is 8.00. The third kappa shape index (κ3) is 4.96. The molecule has 1 fully saturated rings. The van der Waals surface area contributed by atoms with Gasteiger partial charge in [0.25, 0.3) is 11.8 Å². The van der Waals surface area contributed by atoms with Gasteiger partial charge in [0.05, 0.1) is 11.2 Å². The number of carbonyl (C=O) groups is 4. The average molecular weight is 535 g/mol. The molecule has 2 aromatic heterocycles. The van der Waals surface area contributed by atoms with Gasteiger partial charge in [0.15, 0.2) is 5.13 Å². The van der Waals surface area contributed by atoms with Crippen LogP contribution in [0.15, 0.2) is 33.2 Å². The predicted octanol–water partition coefficient (Wildman–Crippen LogP) is 0.816. The van der Waals surface area contributed by atoms with Gasteiger partial charge in [-0.05, 0) is 18.6 Å². The number of rotatable bonds is 8. The van der Waals surface area contributed by atoms with Crippen LogP contribution in [-0.4, -0.2) is 78.3 Å². The number of allylic oxidation sites excluding steroid dienone is 1. The average Bonchev–Trinajstić information content (AvgIpc) is 3.42. The van der Waals surface area contributed by atoms with Crippen LogP contribution in [0, 0.1) is 6.92 Å². The summed E-state index contributed by atoms with van der Waals surface area (Å²) in [5.41, 5.74) is 8.25. The lowest BCUT2D eigenvalue weighted by molar-refractivity contribution is -0.150. The van der Waals surface area contributed by atoms with Crippen LogP contribution in [0.3, 0.4) is 0 Å². The van der Waals surface area contributed by atoms with Gasteiger partial charge in [-0.2, -0.15) is 0 Å². The molecule has 0 aromatic carbocycles. The molecule has 5 N–H and O–H groups in total. The molecule has 12 nitrogen and oxygen atoms in total. The molecule has 35 heavy (non-hydrogen) atoms. The number of thiazole rings is 2. The fourth-order valence-corrected chi connectivity index (χ4v) is 6.00. The number of nitrogens with zero attached hydrogens (tertiary/aromatic N) is 4. The summed E-state index contributed by atoms with van der Waals surface area (Å²) in [6.45, 7) is 1.17. The SMILES string of the molecule is Cc1ncsc1/C=C/C1=C(C(=O)O)N2C(=O)C(NC(=O)C(=NCC(=O)O)c3csc(N)n3)[C@H]2SC1. The Morgan fingerprint density at radius 2 is 2.09 bits per heavy atom. The van der Waals surface area contributed by atoms with Crippen molar-refractivity contribution in [3.05, 3.63) is 44.5 Å². The zero-order valence-corrected chi connectivity index (χ0v) is 20.4. The maximum Gasteiger partial charge on any atom is 0.352 e. The van der Waals surface area contributed by atoms with Gasteiger partial charge in [-0.3, -0.25) is 24.3 Å². The number of fused-ring (bicyclic) bond motifs is 1. The van der Waals surface area contributed by atoms with Crippen molar-refractivity contribution in [1.29, 1.82) is 0 Å². The van der Waals surface area contributed by atoms with E-state index in [1.807, 2.05) is 6.92 Å². The first-order chi connectivity index (χ1) is 16.7. The number of thioether (sulfide) groups is 1. The summed E-state index contributed by atoms with van der Waals surface area (Å²) in [4.78, 5) is 62.7. The Kier molecular flexibility index (Phi) is 7.00. The van der Waals surface area contributed by atoms with Crippen LogP contribution in [0.25, 0.3) is 6.08 Å². The van der Waals surface area contributed by atoms with E-state index in [0.717, 1.165) is 26.8 Å². The van der Waals surface area contributed by atoms with Crippen molar-refractivity contribution in [3.63, 3.8) is 0 Å². The van der Waals surface area contributed by atoms with Crippen molar-refractivity contribution < 1.29 is 29.4 Å². The molecular formula is C20H18N6O6S3. The molecule has 2 aromatic rings. The minimum Gasteiger partial charge on any atom is -0.480 e. The van der Waals surface area contributed by atoms with Crippen molar-refractivity contribution in [2.75, 3.05) is 18.0 Å². The Labute approximate surface area is 210 Å². The largest absolute Gasteiger partial charge is 0.480 e. The second-order valence-electron chi connectivity index (χ2n) is 7.30. The second-order valence-corrected chi connectivity index (χ2v) is 10.2. The predicted molar refractivity (Wildman–Crippen MR) is 131 cm³/mol. The van der Waals surface area contributed by atoms with Crippen LogP contribution < -0.4 is 11.1 Å². The highest BCUT2D eigenvalue weighted by Gasteiger charge is 2.54. The number of nitrogen functional groups attached to an aromatic ring is 1. The number of β-lactam (4-membered cyclic amide) rings is 1. The van der Waals surface area contributed by atoms with Crippen LogP contribution in [0.5, 0.6) is 0 Å². The minimum atomic E-state index is -1.25. The highest BCUT2D eigenvalue weighted by atomic mass is 32.2. The van der Waals surface area contributed by atoms with Crippen LogP contribution >= 0.6 is 34.4 Å².